The van der Waals surface area contributed by atoms with E-state index in [2.05, 4.69) is 32.4 Å². The van der Waals surface area contributed by atoms with Crippen LogP contribution in [0.3, 0.4) is 0 Å². The van der Waals surface area contributed by atoms with E-state index in [9.17, 15) is 4.79 Å². The minimum atomic E-state index is 0.0362. The largest absolute Gasteiger partial charge is 0.322 e. The average Bonchev–Trinajstić information content (AvgIpc) is 2.95. The van der Waals surface area contributed by atoms with Crippen molar-refractivity contribution in [3.8, 4) is 0 Å². The molecule has 6 heteroatoms. The molecule has 0 radical (unpaired) electrons. The summed E-state index contributed by atoms with van der Waals surface area (Å²) in [7, 11) is 0. The van der Waals surface area contributed by atoms with Crippen LogP contribution in [0, 0.1) is 12.8 Å². The fourth-order valence-corrected chi connectivity index (χ4v) is 4.48. The number of carbonyl (C=O) groups is 1. The minimum absolute atomic E-state index is 0.0362. The predicted octanol–water partition coefficient (Wildman–Crippen LogP) is 3.58. The van der Waals surface area contributed by atoms with Gasteiger partial charge in [-0.25, -0.2) is 9.78 Å². The molecule has 4 heterocycles. The van der Waals surface area contributed by atoms with Crippen molar-refractivity contribution in [1.29, 1.82) is 0 Å². The number of piperidine rings is 1. The molecule has 2 atom stereocenters. The van der Waals surface area contributed by atoms with Crippen LogP contribution in [-0.2, 0) is 6.54 Å². The Morgan fingerprint density at radius 3 is 2.84 bits per heavy atom. The molecule has 0 aliphatic carbocycles. The van der Waals surface area contributed by atoms with Gasteiger partial charge in [-0.2, -0.15) is 0 Å². The molecule has 1 N–H and O–H groups in total. The first-order chi connectivity index (χ1) is 12.2. The van der Waals surface area contributed by atoms with Crippen molar-refractivity contribution in [3.63, 3.8) is 0 Å². The molecular formula is C19H24N4OS. The molecule has 1 aromatic heterocycles. The number of nitrogens with zero attached hydrogens (tertiary/aromatic N) is 3. The number of aromatic nitrogens is 1. The number of carbonyl (C=O) groups excluding carboxylic acids is 1. The van der Waals surface area contributed by atoms with E-state index in [0.717, 1.165) is 44.0 Å². The molecule has 2 amide bonds. The summed E-state index contributed by atoms with van der Waals surface area (Å²) < 4.78 is 0. The maximum absolute atomic E-state index is 12.8. The van der Waals surface area contributed by atoms with Crippen molar-refractivity contribution in [2.45, 2.75) is 32.4 Å². The van der Waals surface area contributed by atoms with E-state index < -0.39 is 0 Å². The van der Waals surface area contributed by atoms with Gasteiger partial charge < -0.3 is 10.2 Å². The lowest BCUT2D eigenvalue weighted by Crippen LogP contribution is -2.49. The fourth-order valence-electron chi connectivity index (χ4n) is 3.93. The maximum atomic E-state index is 12.8. The smallest absolute Gasteiger partial charge is 0.320 e. The molecule has 0 spiro atoms. The fraction of sp³-hybridized carbons (Fsp3) is 0.474. The van der Waals surface area contributed by atoms with Crippen molar-refractivity contribution >= 4 is 23.1 Å². The van der Waals surface area contributed by atoms with Gasteiger partial charge in [0, 0.05) is 43.3 Å². The highest BCUT2D eigenvalue weighted by molar-refractivity contribution is 7.07. The van der Waals surface area contributed by atoms with Crippen LogP contribution in [0.15, 0.2) is 35.2 Å². The first-order valence-electron chi connectivity index (χ1n) is 8.91. The van der Waals surface area contributed by atoms with E-state index in [-0.39, 0.29) is 6.03 Å². The average molecular weight is 356 g/mol. The molecule has 25 heavy (non-hydrogen) atoms. The van der Waals surface area contributed by atoms with Crippen molar-refractivity contribution in [2.75, 3.05) is 25.0 Å². The Morgan fingerprint density at radius 1 is 1.24 bits per heavy atom. The number of urea groups is 1. The predicted molar refractivity (Wildman–Crippen MR) is 101 cm³/mol. The number of rotatable bonds is 3. The number of fused-ring (bicyclic) bond motifs is 4. The standard InChI is InChI=1S/C19H24N4OS/c1-14-2-5-16(6-3-14)21-19(24)23-9-15-4-7-18(23)11-22(8-15)10-17-12-25-13-20-17/h2-3,5-6,12-13,15,18H,4,7-11H2,1H3,(H,21,24)/t15-,18+/m1/s1. The molecule has 2 aromatic rings. The number of anilines is 1. The van der Waals surface area contributed by atoms with Gasteiger partial charge in [-0.3, -0.25) is 4.90 Å². The second kappa shape index (κ2) is 7.14. The van der Waals surface area contributed by atoms with Crippen LogP contribution in [0.1, 0.15) is 24.1 Å². The number of nitrogens with one attached hydrogen (secondary N) is 1. The van der Waals surface area contributed by atoms with Crippen LogP contribution in [0.4, 0.5) is 10.5 Å². The summed E-state index contributed by atoms with van der Waals surface area (Å²) in [5.41, 5.74) is 5.10. The topological polar surface area (TPSA) is 48.5 Å². The zero-order valence-corrected chi connectivity index (χ0v) is 15.3. The summed E-state index contributed by atoms with van der Waals surface area (Å²) in [6.45, 7) is 5.80. The van der Waals surface area contributed by atoms with Gasteiger partial charge in [0.05, 0.1) is 11.2 Å². The Labute approximate surface area is 152 Å². The van der Waals surface area contributed by atoms with Gasteiger partial charge in [0.25, 0.3) is 0 Å². The molecule has 0 unspecified atom stereocenters. The molecule has 3 fully saturated rings. The van der Waals surface area contributed by atoms with Crippen molar-refractivity contribution in [3.05, 3.63) is 46.4 Å². The van der Waals surface area contributed by atoms with Gasteiger partial charge in [0.15, 0.2) is 0 Å². The number of aryl methyl sites for hydroxylation is 1. The Bertz CT molecular complexity index is 716. The normalized spacial score (nSPS) is 23.5. The number of benzene rings is 1. The Hall–Kier alpha value is -1.92. The third-order valence-electron chi connectivity index (χ3n) is 5.22. The van der Waals surface area contributed by atoms with E-state index in [1.54, 1.807) is 11.3 Å². The van der Waals surface area contributed by atoms with Crippen LogP contribution in [0.5, 0.6) is 0 Å². The van der Waals surface area contributed by atoms with Crippen LogP contribution in [-0.4, -0.2) is 46.5 Å². The summed E-state index contributed by atoms with van der Waals surface area (Å²) in [4.78, 5) is 21.7. The second-order valence-electron chi connectivity index (χ2n) is 7.22. The lowest BCUT2D eigenvalue weighted by Gasteiger charge is -2.36. The zero-order chi connectivity index (χ0) is 17.2. The zero-order valence-electron chi connectivity index (χ0n) is 14.5. The summed E-state index contributed by atoms with van der Waals surface area (Å²) in [5.74, 6) is 0.557. The van der Waals surface area contributed by atoms with E-state index in [1.165, 1.54) is 12.0 Å². The number of thiazole rings is 1. The molecule has 5 rings (SSSR count). The van der Waals surface area contributed by atoms with Gasteiger partial charge in [-0.05, 0) is 37.8 Å². The molecule has 1 aromatic carbocycles. The third kappa shape index (κ3) is 3.85. The highest BCUT2D eigenvalue weighted by Crippen LogP contribution is 2.29. The van der Waals surface area contributed by atoms with Crippen LogP contribution in [0.2, 0.25) is 0 Å². The van der Waals surface area contributed by atoms with Gasteiger partial charge in [-0.1, -0.05) is 17.7 Å². The molecule has 3 aliphatic rings. The van der Waals surface area contributed by atoms with E-state index in [1.807, 2.05) is 29.8 Å². The molecular weight excluding hydrogens is 332 g/mol. The highest BCUT2D eigenvalue weighted by Gasteiger charge is 2.37. The lowest BCUT2D eigenvalue weighted by molar-refractivity contribution is 0.151. The molecule has 2 bridgehead atoms. The van der Waals surface area contributed by atoms with E-state index in [0.29, 0.717) is 12.0 Å². The summed E-state index contributed by atoms with van der Waals surface area (Å²) >= 11 is 1.65. The van der Waals surface area contributed by atoms with Gasteiger partial charge in [0.2, 0.25) is 0 Å². The molecule has 5 nitrogen and oxygen atoms in total. The number of hydrogen-bond acceptors (Lipinski definition) is 4. The first kappa shape index (κ1) is 16.5. The molecule has 0 saturated carbocycles. The Balaban J connectivity index is 1.42. The summed E-state index contributed by atoms with van der Waals surface area (Å²) in [5, 5.41) is 5.19. The molecule has 3 saturated heterocycles. The first-order valence-corrected chi connectivity index (χ1v) is 9.85. The van der Waals surface area contributed by atoms with Gasteiger partial charge >= 0.3 is 6.03 Å². The summed E-state index contributed by atoms with van der Waals surface area (Å²) in [6, 6.07) is 8.33. The van der Waals surface area contributed by atoms with Crippen LogP contribution >= 0.6 is 11.3 Å². The van der Waals surface area contributed by atoms with Crippen molar-refractivity contribution in [1.82, 2.24) is 14.8 Å². The molecule has 132 valence electrons. The van der Waals surface area contributed by atoms with Crippen molar-refractivity contribution in [2.24, 2.45) is 5.92 Å². The van der Waals surface area contributed by atoms with E-state index >= 15 is 0 Å². The maximum Gasteiger partial charge on any atom is 0.322 e. The van der Waals surface area contributed by atoms with Crippen LogP contribution < -0.4 is 5.32 Å². The second-order valence-corrected chi connectivity index (χ2v) is 7.94. The van der Waals surface area contributed by atoms with Crippen LogP contribution in [0.25, 0.3) is 0 Å². The SMILES string of the molecule is Cc1ccc(NC(=O)N2C[C@@H]3CC[C@H]2CN(Cc2cscn2)C3)cc1. The third-order valence-corrected chi connectivity index (χ3v) is 5.86. The van der Waals surface area contributed by atoms with Gasteiger partial charge in [0.1, 0.15) is 0 Å². The molecule has 3 aliphatic heterocycles. The van der Waals surface area contributed by atoms with E-state index in [4.69, 9.17) is 0 Å². The Morgan fingerprint density at radius 2 is 2.08 bits per heavy atom. The lowest BCUT2D eigenvalue weighted by atomic mass is 9.95. The quantitative estimate of drug-likeness (QED) is 0.914. The minimum Gasteiger partial charge on any atom is -0.320 e. The number of amides is 2. The Kier molecular flexibility index (Phi) is 4.72. The monoisotopic (exact) mass is 356 g/mol. The number of hydrogen-bond donors (Lipinski definition) is 1. The summed E-state index contributed by atoms with van der Waals surface area (Å²) in [6.07, 6.45) is 2.31. The van der Waals surface area contributed by atoms with Crippen molar-refractivity contribution < 1.29 is 4.79 Å². The highest BCUT2D eigenvalue weighted by atomic mass is 32.1. The van der Waals surface area contributed by atoms with Gasteiger partial charge in [-0.15, -0.1) is 11.3 Å².